The van der Waals surface area contributed by atoms with E-state index in [9.17, 15) is 14.4 Å². The van der Waals surface area contributed by atoms with Crippen LogP contribution in [0.2, 0.25) is 0 Å². The summed E-state index contributed by atoms with van der Waals surface area (Å²) >= 11 is 0. The van der Waals surface area contributed by atoms with Gasteiger partial charge in [-0.15, -0.1) is 0 Å². The number of hydrazine groups is 1. The van der Waals surface area contributed by atoms with Gasteiger partial charge in [-0.2, -0.15) is 0 Å². The van der Waals surface area contributed by atoms with Gasteiger partial charge in [-0.05, 0) is 19.1 Å². The maximum atomic E-state index is 11.5. The molecule has 0 aliphatic rings. The zero-order valence-corrected chi connectivity index (χ0v) is 9.06. The van der Waals surface area contributed by atoms with Crippen LogP contribution in [0.5, 0.6) is 0 Å². The molecule has 1 heterocycles. The number of nitrogens with one attached hydrogen (secondary N) is 2. The van der Waals surface area contributed by atoms with E-state index < -0.39 is 17.7 Å². The number of primary amides is 1. The van der Waals surface area contributed by atoms with E-state index in [0.29, 0.717) is 0 Å². The van der Waals surface area contributed by atoms with E-state index >= 15 is 0 Å². The van der Waals surface area contributed by atoms with Gasteiger partial charge in [-0.25, -0.2) is 0 Å². The van der Waals surface area contributed by atoms with Crippen LogP contribution < -0.4 is 16.6 Å². The van der Waals surface area contributed by atoms with Crippen LogP contribution in [-0.2, 0) is 9.59 Å². The lowest BCUT2D eigenvalue weighted by molar-refractivity contribution is -0.125. The molecule has 89 valence electrons. The van der Waals surface area contributed by atoms with Gasteiger partial charge in [-0.1, -0.05) is 0 Å². The van der Waals surface area contributed by atoms with Gasteiger partial charge in [0.05, 0.1) is 5.56 Å². The van der Waals surface area contributed by atoms with Crippen LogP contribution in [0.1, 0.15) is 17.3 Å². The van der Waals surface area contributed by atoms with Gasteiger partial charge in [0.15, 0.2) is 0 Å². The second kappa shape index (κ2) is 5.59. The van der Waals surface area contributed by atoms with E-state index in [4.69, 9.17) is 5.73 Å². The highest BCUT2D eigenvalue weighted by atomic mass is 16.2. The van der Waals surface area contributed by atoms with Crippen LogP contribution in [0, 0.1) is 5.92 Å². The molecule has 0 aliphatic heterocycles. The fourth-order valence-corrected chi connectivity index (χ4v) is 0.888. The van der Waals surface area contributed by atoms with Gasteiger partial charge in [0, 0.05) is 12.4 Å². The Kier molecular flexibility index (Phi) is 4.15. The Hall–Kier alpha value is -2.44. The molecule has 0 aliphatic carbocycles. The molecule has 1 aromatic heterocycles. The Morgan fingerprint density at radius 1 is 1.29 bits per heavy atom. The highest BCUT2D eigenvalue weighted by molar-refractivity contribution is 6.13. The summed E-state index contributed by atoms with van der Waals surface area (Å²) in [6.07, 6.45) is 2.85. The topological polar surface area (TPSA) is 114 Å². The second-order valence-electron chi connectivity index (χ2n) is 3.14. The van der Waals surface area contributed by atoms with Crippen molar-refractivity contribution in [3.05, 3.63) is 36.0 Å². The molecule has 17 heavy (non-hydrogen) atoms. The summed E-state index contributed by atoms with van der Waals surface area (Å²) in [5, 5.41) is 0. The number of hydrogen-bond donors (Lipinski definition) is 3. The summed E-state index contributed by atoms with van der Waals surface area (Å²) in [4.78, 5) is 37.1. The molecule has 1 rings (SSSR count). The van der Waals surface area contributed by atoms with Crippen LogP contribution in [0.25, 0.3) is 0 Å². The van der Waals surface area contributed by atoms with Gasteiger partial charge < -0.3 is 5.73 Å². The van der Waals surface area contributed by atoms with E-state index in [0.717, 1.165) is 0 Å². The van der Waals surface area contributed by atoms with Gasteiger partial charge >= 0.3 is 0 Å². The first-order chi connectivity index (χ1) is 8.02. The summed E-state index contributed by atoms with van der Waals surface area (Å²) in [5.41, 5.74) is 9.36. The third-order valence-corrected chi connectivity index (χ3v) is 1.92. The Morgan fingerprint density at radius 2 is 2.00 bits per heavy atom. The number of carbonyl (C=O) groups is 3. The maximum Gasteiger partial charge on any atom is 0.271 e. The predicted molar refractivity (Wildman–Crippen MR) is 58.0 cm³/mol. The third-order valence-electron chi connectivity index (χ3n) is 1.92. The fraction of sp³-hybridized carbons (Fsp3) is 0.100. The van der Waals surface area contributed by atoms with Crippen molar-refractivity contribution in [3.8, 4) is 0 Å². The normalized spacial score (nSPS) is 9.76. The maximum absolute atomic E-state index is 11.5. The first kappa shape index (κ1) is 12.6. The average Bonchev–Trinajstić information content (AvgIpc) is 2.35. The molecule has 0 atom stereocenters. The van der Waals surface area contributed by atoms with Crippen molar-refractivity contribution in [1.82, 2.24) is 15.8 Å². The first-order valence-corrected chi connectivity index (χ1v) is 4.66. The van der Waals surface area contributed by atoms with Crippen molar-refractivity contribution in [2.75, 3.05) is 0 Å². The quantitative estimate of drug-likeness (QED) is 0.456. The minimum absolute atomic E-state index is 0.198. The molecule has 0 saturated heterocycles. The minimum Gasteiger partial charge on any atom is -0.369 e. The van der Waals surface area contributed by atoms with Gasteiger partial charge in [-0.3, -0.25) is 30.2 Å². The molecule has 3 amide bonds. The zero-order chi connectivity index (χ0) is 12.8. The molecule has 0 spiro atoms. The second-order valence-corrected chi connectivity index (χ2v) is 3.14. The fourth-order valence-electron chi connectivity index (χ4n) is 0.888. The molecule has 0 aromatic carbocycles. The molecule has 0 bridgehead atoms. The standard InChI is InChI=1S/C10H11N4O3/c1-6(8(11)15)9(16)13-14-10(17)7-3-2-4-12-5-7/h2-5H,1H3,(H2,11,15)(H,13,16)(H,14,17). The van der Waals surface area contributed by atoms with Crippen molar-refractivity contribution in [2.45, 2.75) is 6.92 Å². The molecule has 7 heteroatoms. The van der Waals surface area contributed by atoms with E-state index in [1.165, 1.54) is 25.4 Å². The summed E-state index contributed by atoms with van der Waals surface area (Å²) < 4.78 is 0. The number of pyridine rings is 1. The van der Waals surface area contributed by atoms with Gasteiger partial charge in [0.2, 0.25) is 5.91 Å². The monoisotopic (exact) mass is 235 g/mol. The molecule has 0 saturated carbocycles. The molecule has 0 fully saturated rings. The number of amides is 3. The van der Waals surface area contributed by atoms with Crippen LogP contribution in [-0.4, -0.2) is 22.7 Å². The smallest absolute Gasteiger partial charge is 0.271 e. The van der Waals surface area contributed by atoms with Crippen molar-refractivity contribution in [1.29, 1.82) is 0 Å². The summed E-state index contributed by atoms with van der Waals surface area (Å²) in [6.45, 7) is 1.26. The summed E-state index contributed by atoms with van der Waals surface area (Å²) in [5.74, 6) is -2.34. The van der Waals surface area contributed by atoms with E-state index in [1.807, 2.05) is 0 Å². The number of nitrogens with two attached hydrogens (primary N) is 1. The predicted octanol–water partition coefficient (Wildman–Crippen LogP) is -1.08. The molecular formula is C10H11N4O3. The number of nitrogens with zero attached hydrogens (tertiary/aromatic N) is 1. The third kappa shape index (κ3) is 3.56. The Morgan fingerprint density at radius 3 is 2.53 bits per heavy atom. The van der Waals surface area contributed by atoms with E-state index in [-0.39, 0.29) is 11.5 Å². The number of aromatic nitrogens is 1. The highest BCUT2D eigenvalue weighted by Gasteiger charge is 2.20. The summed E-state index contributed by atoms with van der Waals surface area (Å²) in [7, 11) is 0. The van der Waals surface area contributed by atoms with Gasteiger partial charge in [0.25, 0.3) is 11.8 Å². The van der Waals surface area contributed by atoms with Crippen molar-refractivity contribution in [2.24, 2.45) is 5.73 Å². The van der Waals surface area contributed by atoms with E-state index in [2.05, 4.69) is 15.8 Å². The molecule has 1 radical (unpaired) electrons. The molecule has 0 unspecified atom stereocenters. The molecule has 4 N–H and O–H groups in total. The lowest BCUT2D eigenvalue weighted by Crippen LogP contribution is -2.46. The summed E-state index contributed by atoms with van der Waals surface area (Å²) in [6, 6.07) is 3.11. The largest absolute Gasteiger partial charge is 0.369 e. The van der Waals surface area contributed by atoms with Crippen LogP contribution in [0.3, 0.4) is 0 Å². The minimum atomic E-state index is -0.849. The van der Waals surface area contributed by atoms with Crippen molar-refractivity contribution < 1.29 is 14.4 Å². The average molecular weight is 235 g/mol. The lowest BCUT2D eigenvalue weighted by atomic mass is 10.1. The Balaban J connectivity index is 2.50. The SMILES string of the molecule is C[C](C(N)=O)C(=O)NNC(=O)c1cccnc1. The Bertz CT molecular complexity index is 432. The number of rotatable bonds is 3. The Labute approximate surface area is 97.4 Å². The lowest BCUT2D eigenvalue weighted by Gasteiger charge is -2.09. The van der Waals surface area contributed by atoms with Crippen molar-refractivity contribution in [3.63, 3.8) is 0 Å². The molecule has 1 aromatic rings. The van der Waals surface area contributed by atoms with Crippen LogP contribution in [0.4, 0.5) is 0 Å². The number of hydrogen-bond acceptors (Lipinski definition) is 4. The van der Waals surface area contributed by atoms with Crippen molar-refractivity contribution >= 4 is 17.7 Å². The van der Waals surface area contributed by atoms with Crippen LogP contribution >= 0.6 is 0 Å². The first-order valence-electron chi connectivity index (χ1n) is 4.66. The zero-order valence-electron chi connectivity index (χ0n) is 9.06. The highest BCUT2D eigenvalue weighted by Crippen LogP contribution is 1.96. The van der Waals surface area contributed by atoms with E-state index in [1.54, 1.807) is 6.07 Å². The van der Waals surface area contributed by atoms with Gasteiger partial charge in [0.1, 0.15) is 5.92 Å². The molecular weight excluding hydrogens is 224 g/mol. The molecule has 7 nitrogen and oxygen atoms in total. The number of carbonyl (C=O) groups excluding carboxylic acids is 3. The van der Waals surface area contributed by atoms with Crippen LogP contribution in [0.15, 0.2) is 24.5 Å².